The van der Waals surface area contributed by atoms with Gasteiger partial charge in [0.25, 0.3) is 5.56 Å². The summed E-state index contributed by atoms with van der Waals surface area (Å²) in [4.78, 5) is 41.1. The molecule has 2 amide bonds. The van der Waals surface area contributed by atoms with Crippen LogP contribution < -0.4 is 15.8 Å². The van der Waals surface area contributed by atoms with Crippen LogP contribution in [0.15, 0.2) is 41.5 Å². The van der Waals surface area contributed by atoms with E-state index in [2.05, 4.69) is 15.4 Å². The fourth-order valence-electron chi connectivity index (χ4n) is 2.51. The van der Waals surface area contributed by atoms with Gasteiger partial charge in [-0.1, -0.05) is 0 Å². The van der Waals surface area contributed by atoms with Crippen molar-refractivity contribution in [2.24, 2.45) is 0 Å². The van der Waals surface area contributed by atoms with E-state index in [-0.39, 0.29) is 30.5 Å². The molecule has 1 N–H and O–H groups in total. The molecule has 0 saturated carbocycles. The zero-order valence-electron chi connectivity index (χ0n) is 13.0. The lowest BCUT2D eigenvalue weighted by Crippen LogP contribution is -2.33. The smallest absolute Gasteiger partial charge is 0.267 e. The summed E-state index contributed by atoms with van der Waals surface area (Å²) in [7, 11) is 0. The molecule has 0 radical (unpaired) electrons. The van der Waals surface area contributed by atoms with Gasteiger partial charge in [-0.2, -0.15) is 5.10 Å². The Bertz CT molecular complexity index is 817. The summed E-state index contributed by atoms with van der Waals surface area (Å²) in [5.41, 5.74) is 0.507. The topological polar surface area (TPSA) is 97.2 Å². The van der Waals surface area contributed by atoms with Crippen molar-refractivity contribution in [2.45, 2.75) is 25.9 Å². The molecule has 1 fully saturated rings. The number of hydrogen-bond acceptors (Lipinski definition) is 5. The van der Waals surface area contributed by atoms with Gasteiger partial charge in [-0.15, -0.1) is 0 Å². The molecule has 0 atom stereocenters. The number of hydrogen-bond donors (Lipinski definition) is 1. The van der Waals surface area contributed by atoms with Gasteiger partial charge in [0, 0.05) is 38.0 Å². The molecule has 0 aromatic carbocycles. The van der Waals surface area contributed by atoms with Crippen molar-refractivity contribution in [1.29, 1.82) is 0 Å². The number of carbonyl (C=O) groups is 2. The Morgan fingerprint density at radius 1 is 1.25 bits per heavy atom. The van der Waals surface area contributed by atoms with Crippen molar-refractivity contribution >= 4 is 17.6 Å². The molecule has 0 bridgehead atoms. The Hall–Kier alpha value is -3.03. The van der Waals surface area contributed by atoms with E-state index in [0.29, 0.717) is 18.8 Å². The molecule has 0 spiro atoms. The highest BCUT2D eigenvalue weighted by Crippen LogP contribution is 2.19. The zero-order valence-corrected chi connectivity index (χ0v) is 13.0. The molecule has 3 heterocycles. The lowest BCUT2D eigenvalue weighted by molar-refractivity contribution is -0.122. The summed E-state index contributed by atoms with van der Waals surface area (Å²) in [5.74, 6) is 0.356. The summed E-state index contributed by atoms with van der Waals surface area (Å²) in [6.07, 6.45) is 4.45. The third-order valence-corrected chi connectivity index (χ3v) is 3.73. The normalized spacial score (nSPS) is 14.0. The van der Waals surface area contributed by atoms with Gasteiger partial charge in [0.05, 0.1) is 0 Å². The van der Waals surface area contributed by atoms with Crippen LogP contribution in [0.3, 0.4) is 0 Å². The first-order chi connectivity index (χ1) is 11.6. The molecule has 1 aliphatic heterocycles. The second-order valence-electron chi connectivity index (χ2n) is 5.47. The van der Waals surface area contributed by atoms with Crippen molar-refractivity contribution in [3.8, 4) is 0 Å². The van der Waals surface area contributed by atoms with Gasteiger partial charge < -0.3 is 5.32 Å². The number of rotatable bonds is 5. The minimum Gasteiger partial charge on any atom is -0.350 e. The number of nitrogens with zero attached hydrogens (tertiary/aromatic N) is 4. The quantitative estimate of drug-likeness (QED) is 0.839. The molecular formula is C16H17N5O3. The van der Waals surface area contributed by atoms with E-state index in [9.17, 15) is 14.4 Å². The summed E-state index contributed by atoms with van der Waals surface area (Å²) >= 11 is 0. The number of aromatic nitrogens is 3. The molecule has 8 heteroatoms. The van der Waals surface area contributed by atoms with Gasteiger partial charge in [-0.25, -0.2) is 9.67 Å². The second-order valence-corrected chi connectivity index (χ2v) is 5.47. The fraction of sp³-hybridized carbons (Fsp3) is 0.312. The Labute approximate surface area is 138 Å². The molecule has 1 aliphatic rings. The van der Waals surface area contributed by atoms with Gasteiger partial charge in [0.1, 0.15) is 12.4 Å². The predicted molar refractivity (Wildman–Crippen MR) is 86.2 cm³/mol. The maximum atomic E-state index is 11.9. The largest absolute Gasteiger partial charge is 0.350 e. The number of carbonyl (C=O) groups excluding carboxylic acids is 2. The van der Waals surface area contributed by atoms with Gasteiger partial charge in [-0.3, -0.25) is 19.3 Å². The minimum absolute atomic E-state index is 0.0678. The second kappa shape index (κ2) is 7.03. The maximum Gasteiger partial charge on any atom is 0.267 e. The summed E-state index contributed by atoms with van der Waals surface area (Å²) in [5, 5.41) is 6.57. The van der Waals surface area contributed by atoms with Crippen LogP contribution in [-0.4, -0.2) is 33.1 Å². The van der Waals surface area contributed by atoms with E-state index in [1.54, 1.807) is 23.2 Å². The van der Waals surface area contributed by atoms with Crippen LogP contribution >= 0.6 is 0 Å². The lowest BCUT2D eigenvalue weighted by Gasteiger charge is -2.15. The molecule has 2 aromatic heterocycles. The number of pyridine rings is 1. The highest BCUT2D eigenvalue weighted by Gasteiger charge is 2.22. The van der Waals surface area contributed by atoms with Crippen molar-refractivity contribution in [3.05, 3.63) is 52.6 Å². The molecule has 0 unspecified atom stereocenters. The van der Waals surface area contributed by atoms with E-state index in [1.807, 2.05) is 0 Å². The van der Waals surface area contributed by atoms with E-state index in [0.717, 1.165) is 16.7 Å². The molecule has 24 heavy (non-hydrogen) atoms. The monoisotopic (exact) mass is 327 g/mol. The number of amides is 2. The van der Waals surface area contributed by atoms with E-state index < -0.39 is 0 Å². The summed E-state index contributed by atoms with van der Waals surface area (Å²) < 4.78 is 1.09. The molecular weight excluding hydrogens is 310 g/mol. The highest BCUT2D eigenvalue weighted by atomic mass is 16.2. The molecule has 124 valence electrons. The Kier molecular flexibility index (Phi) is 4.64. The van der Waals surface area contributed by atoms with Gasteiger partial charge in [0.15, 0.2) is 0 Å². The van der Waals surface area contributed by atoms with Crippen LogP contribution in [0.5, 0.6) is 0 Å². The standard InChI is InChI=1S/C16H17N5O3/c22-14(11-21-16(24)3-1-6-19-21)18-10-12-5-7-17-13(9-12)20-8-2-4-15(20)23/h1,3,5-7,9H,2,4,8,10-11H2,(H,18,22). The van der Waals surface area contributed by atoms with Crippen molar-refractivity contribution in [1.82, 2.24) is 20.1 Å². The van der Waals surface area contributed by atoms with Crippen LogP contribution in [0.1, 0.15) is 18.4 Å². The molecule has 1 saturated heterocycles. The van der Waals surface area contributed by atoms with Crippen LogP contribution in [-0.2, 0) is 22.7 Å². The number of anilines is 1. The average molecular weight is 327 g/mol. The van der Waals surface area contributed by atoms with Crippen LogP contribution in [0, 0.1) is 0 Å². The van der Waals surface area contributed by atoms with Gasteiger partial charge >= 0.3 is 0 Å². The van der Waals surface area contributed by atoms with Crippen LogP contribution in [0.2, 0.25) is 0 Å². The van der Waals surface area contributed by atoms with Crippen LogP contribution in [0.25, 0.3) is 0 Å². The zero-order chi connectivity index (χ0) is 16.9. The minimum atomic E-state index is -0.327. The van der Waals surface area contributed by atoms with E-state index in [1.165, 1.54) is 18.3 Å². The molecule has 2 aromatic rings. The third kappa shape index (κ3) is 3.65. The van der Waals surface area contributed by atoms with Crippen molar-refractivity contribution in [3.63, 3.8) is 0 Å². The first-order valence-corrected chi connectivity index (χ1v) is 7.67. The Morgan fingerprint density at radius 2 is 2.12 bits per heavy atom. The fourth-order valence-corrected chi connectivity index (χ4v) is 2.51. The molecule has 0 aliphatic carbocycles. The number of nitrogens with one attached hydrogen (secondary N) is 1. The average Bonchev–Trinajstić information content (AvgIpc) is 3.01. The predicted octanol–water partition coefficient (Wildman–Crippen LogP) is 0.0815. The first-order valence-electron chi connectivity index (χ1n) is 7.67. The van der Waals surface area contributed by atoms with E-state index in [4.69, 9.17) is 0 Å². The summed E-state index contributed by atoms with van der Waals surface area (Å²) in [6.45, 7) is 0.824. The third-order valence-electron chi connectivity index (χ3n) is 3.73. The van der Waals surface area contributed by atoms with Crippen LogP contribution in [0.4, 0.5) is 5.82 Å². The SMILES string of the molecule is O=C(Cn1ncccc1=O)NCc1ccnc(N2CCCC2=O)c1. The van der Waals surface area contributed by atoms with Gasteiger partial charge in [0.2, 0.25) is 11.8 Å². The Balaban J connectivity index is 1.60. The van der Waals surface area contributed by atoms with Crippen molar-refractivity contribution in [2.75, 3.05) is 11.4 Å². The first kappa shape index (κ1) is 15.9. The van der Waals surface area contributed by atoms with E-state index >= 15 is 0 Å². The molecule has 3 rings (SSSR count). The Morgan fingerprint density at radius 3 is 2.88 bits per heavy atom. The van der Waals surface area contributed by atoms with Crippen molar-refractivity contribution < 1.29 is 9.59 Å². The molecule has 8 nitrogen and oxygen atoms in total. The summed E-state index contributed by atoms with van der Waals surface area (Å²) in [6, 6.07) is 6.44. The van der Waals surface area contributed by atoms with Gasteiger partial charge in [-0.05, 0) is 30.2 Å². The lowest BCUT2D eigenvalue weighted by atomic mass is 10.2. The highest BCUT2D eigenvalue weighted by molar-refractivity contribution is 5.94. The maximum absolute atomic E-state index is 11.9.